The molecule has 0 bridgehead atoms. The Bertz CT molecular complexity index is 481. The zero-order chi connectivity index (χ0) is 12.1. The number of aliphatic hydroxyl groups excluding tert-OH is 1. The van der Waals surface area contributed by atoms with E-state index in [1.54, 1.807) is 0 Å². The van der Waals surface area contributed by atoms with Gasteiger partial charge < -0.3 is 10.4 Å². The topological polar surface area (TPSA) is 32.3 Å². The Kier molecular flexibility index (Phi) is 4.13. The fraction of sp³-hybridized carbons (Fsp3) is 0.333. The van der Waals surface area contributed by atoms with E-state index in [9.17, 15) is 5.11 Å². The van der Waals surface area contributed by atoms with Crippen LogP contribution in [0.2, 0.25) is 0 Å². The number of nitrogens with one attached hydrogen (secondary N) is 1. The third-order valence-electron chi connectivity index (χ3n) is 2.92. The van der Waals surface area contributed by atoms with Crippen LogP contribution in [0.15, 0.2) is 42.5 Å². The van der Waals surface area contributed by atoms with Crippen LogP contribution in [0.25, 0.3) is 10.8 Å². The lowest BCUT2D eigenvalue weighted by atomic mass is 10.0. The van der Waals surface area contributed by atoms with Gasteiger partial charge in [0.05, 0.1) is 6.10 Å². The third kappa shape index (κ3) is 3.05. The highest BCUT2D eigenvalue weighted by molar-refractivity contribution is 5.83. The molecule has 2 rings (SSSR count). The van der Waals surface area contributed by atoms with E-state index < -0.39 is 6.10 Å². The minimum atomic E-state index is -0.425. The normalized spacial score (nSPS) is 12.8. The molecule has 1 atom stereocenters. The average Bonchev–Trinajstić information content (AvgIpc) is 2.38. The van der Waals surface area contributed by atoms with Crippen LogP contribution >= 0.6 is 0 Å². The van der Waals surface area contributed by atoms with Gasteiger partial charge in [-0.2, -0.15) is 0 Å². The summed E-state index contributed by atoms with van der Waals surface area (Å²) < 4.78 is 0. The van der Waals surface area contributed by atoms with Crippen molar-refractivity contribution >= 4 is 10.8 Å². The van der Waals surface area contributed by atoms with Crippen molar-refractivity contribution in [3.63, 3.8) is 0 Å². The summed E-state index contributed by atoms with van der Waals surface area (Å²) in [6.07, 6.45) is 0.663. The first-order valence-electron chi connectivity index (χ1n) is 6.18. The van der Waals surface area contributed by atoms with Crippen LogP contribution in [0.1, 0.15) is 25.0 Å². The average molecular weight is 229 g/mol. The summed E-state index contributed by atoms with van der Waals surface area (Å²) >= 11 is 0. The van der Waals surface area contributed by atoms with Gasteiger partial charge in [0.15, 0.2) is 0 Å². The predicted molar refractivity (Wildman–Crippen MR) is 72.1 cm³/mol. The highest BCUT2D eigenvalue weighted by atomic mass is 16.3. The molecule has 90 valence electrons. The molecule has 2 aromatic carbocycles. The Balaban J connectivity index is 2.12. The molecule has 17 heavy (non-hydrogen) atoms. The van der Waals surface area contributed by atoms with Crippen LogP contribution in [0.5, 0.6) is 0 Å². The molecule has 0 saturated heterocycles. The summed E-state index contributed by atoms with van der Waals surface area (Å²) in [6.45, 7) is 3.69. The number of fused-ring (bicyclic) bond motifs is 1. The SMILES string of the molecule is CCCNCC(O)c1ccc2ccccc2c1. The van der Waals surface area contributed by atoms with Crippen LogP contribution in [-0.4, -0.2) is 18.2 Å². The smallest absolute Gasteiger partial charge is 0.0914 e. The Morgan fingerprint density at radius 3 is 2.65 bits per heavy atom. The van der Waals surface area contributed by atoms with E-state index in [2.05, 4.69) is 36.5 Å². The molecule has 2 heteroatoms. The van der Waals surface area contributed by atoms with Crippen LogP contribution < -0.4 is 5.32 Å². The lowest BCUT2D eigenvalue weighted by molar-refractivity contribution is 0.175. The van der Waals surface area contributed by atoms with Gasteiger partial charge in [0.2, 0.25) is 0 Å². The molecule has 0 aliphatic rings. The maximum absolute atomic E-state index is 10.0. The van der Waals surface area contributed by atoms with Crippen molar-refractivity contribution in [2.24, 2.45) is 0 Å². The number of hydrogen-bond acceptors (Lipinski definition) is 2. The van der Waals surface area contributed by atoms with Crippen LogP contribution in [-0.2, 0) is 0 Å². The van der Waals surface area contributed by atoms with Crippen molar-refractivity contribution in [2.75, 3.05) is 13.1 Å². The van der Waals surface area contributed by atoms with Crippen LogP contribution in [0.3, 0.4) is 0 Å². The van der Waals surface area contributed by atoms with Gasteiger partial charge in [-0.15, -0.1) is 0 Å². The van der Waals surface area contributed by atoms with Gasteiger partial charge in [-0.25, -0.2) is 0 Å². The first-order chi connectivity index (χ1) is 8.31. The molecule has 2 nitrogen and oxygen atoms in total. The fourth-order valence-electron chi connectivity index (χ4n) is 1.95. The second-order valence-corrected chi connectivity index (χ2v) is 4.33. The second-order valence-electron chi connectivity index (χ2n) is 4.33. The van der Waals surface area contributed by atoms with Gasteiger partial charge >= 0.3 is 0 Å². The Morgan fingerprint density at radius 2 is 1.88 bits per heavy atom. The minimum Gasteiger partial charge on any atom is -0.387 e. The standard InChI is InChI=1S/C15H19NO/c1-2-9-16-11-15(17)14-8-7-12-5-3-4-6-13(12)10-14/h3-8,10,15-17H,2,9,11H2,1H3. The van der Waals surface area contributed by atoms with Gasteiger partial charge in [-0.05, 0) is 35.4 Å². The number of hydrogen-bond donors (Lipinski definition) is 2. The molecule has 0 heterocycles. The number of rotatable bonds is 5. The van der Waals surface area contributed by atoms with Gasteiger partial charge in [0, 0.05) is 6.54 Å². The van der Waals surface area contributed by atoms with E-state index in [0.29, 0.717) is 6.54 Å². The van der Waals surface area contributed by atoms with E-state index in [1.807, 2.05) is 18.2 Å². The molecule has 1 unspecified atom stereocenters. The molecular weight excluding hydrogens is 210 g/mol. The summed E-state index contributed by atoms with van der Waals surface area (Å²) in [5.41, 5.74) is 0.979. The zero-order valence-corrected chi connectivity index (χ0v) is 10.2. The summed E-state index contributed by atoms with van der Waals surface area (Å²) in [5.74, 6) is 0. The highest BCUT2D eigenvalue weighted by Gasteiger charge is 2.06. The summed E-state index contributed by atoms with van der Waals surface area (Å²) in [5, 5.41) is 15.7. The van der Waals surface area contributed by atoms with Crippen molar-refractivity contribution < 1.29 is 5.11 Å². The van der Waals surface area contributed by atoms with E-state index in [4.69, 9.17) is 0 Å². The maximum atomic E-state index is 10.0. The molecule has 0 aromatic heterocycles. The minimum absolute atomic E-state index is 0.425. The van der Waals surface area contributed by atoms with E-state index in [0.717, 1.165) is 18.5 Å². The molecule has 0 aliphatic heterocycles. The van der Waals surface area contributed by atoms with Gasteiger partial charge in [-0.3, -0.25) is 0 Å². The van der Waals surface area contributed by atoms with Crippen LogP contribution in [0.4, 0.5) is 0 Å². The second kappa shape index (κ2) is 5.80. The molecule has 0 fully saturated rings. The molecule has 0 saturated carbocycles. The van der Waals surface area contributed by atoms with Crippen molar-refractivity contribution in [2.45, 2.75) is 19.4 Å². The first kappa shape index (κ1) is 12.1. The third-order valence-corrected chi connectivity index (χ3v) is 2.92. The Labute approximate surface area is 102 Å². The quantitative estimate of drug-likeness (QED) is 0.773. The molecule has 2 aromatic rings. The molecule has 0 amide bonds. The number of aliphatic hydroxyl groups is 1. The lowest BCUT2D eigenvalue weighted by Gasteiger charge is -2.12. The van der Waals surface area contributed by atoms with E-state index >= 15 is 0 Å². The van der Waals surface area contributed by atoms with Crippen molar-refractivity contribution in [1.29, 1.82) is 0 Å². The molecule has 0 aliphatic carbocycles. The van der Waals surface area contributed by atoms with Crippen molar-refractivity contribution in [1.82, 2.24) is 5.32 Å². The zero-order valence-electron chi connectivity index (χ0n) is 10.2. The summed E-state index contributed by atoms with van der Waals surface area (Å²) in [4.78, 5) is 0. The molecule has 2 N–H and O–H groups in total. The Morgan fingerprint density at radius 1 is 1.12 bits per heavy atom. The van der Waals surface area contributed by atoms with Crippen LogP contribution in [0, 0.1) is 0 Å². The van der Waals surface area contributed by atoms with E-state index in [1.165, 1.54) is 10.8 Å². The summed E-state index contributed by atoms with van der Waals surface area (Å²) in [7, 11) is 0. The van der Waals surface area contributed by atoms with Gasteiger partial charge in [-0.1, -0.05) is 43.3 Å². The highest BCUT2D eigenvalue weighted by Crippen LogP contribution is 2.19. The molecule has 0 spiro atoms. The predicted octanol–water partition coefficient (Wildman–Crippen LogP) is 2.87. The number of benzene rings is 2. The molecular formula is C15H19NO. The monoisotopic (exact) mass is 229 g/mol. The fourth-order valence-corrected chi connectivity index (χ4v) is 1.95. The Hall–Kier alpha value is -1.38. The molecule has 0 radical (unpaired) electrons. The van der Waals surface area contributed by atoms with Crippen molar-refractivity contribution in [3.8, 4) is 0 Å². The van der Waals surface area contributed by atoms with Crippen molar-refractivity contribution in [3.05, 3.63) is 48.0 Å². The maximum Gasteiger partial charge on any atom is 0.0914 e. The van der Waals surface area contributed by atoms with Gasteiger partial charge in [0.25, 0.3) is 0 Å². The lowest BCUT2D eigenvalue weighted by Crippen LogP contribution is -2.22. The van der Waals surface area contributed by atoms with E-state index in [-0.39, 0.29) is 0 Å². The largest absolute Gasteiger partial charge is 0.387 e. The first-order valence-corrected chi connectivity index (χ1v) is 6.18. The van der Waals surface area contributed by atoms with Gasteiger partial charge in [0.1, 0.15) is 0 Å². The summed E-state index contributed by atoms with van der Waals surface area (Å²) in [6, 6.07) is 14.3.